The number of benzene rings is 1. The highest BCUT2D eigenvalue weighted by atomic mass is 16.3. The summed E-state index contributed by atoms with van der Waals surface area (Å²) in [5.74, 6) is 0.562. The molecule has 1 heterocycles. The van der Waals surface area contributed by atoms with E-state index >= 15 is 0 Å². The number of hydrogen-bond donors (Lipinski definition) is 1. The number of nitrogens with zero attached hydrogens (tertiary/aromatic N) is 1. The number of aliphatic hydroxyl groups is 1. The van der Waals surface area contributed by atoms with Crippen molar-refractivity contribution in [3.8, 4) is 0 Å². The van der Waals surface area contributed by atoms with Gasteiger partial charge in [-0.25, -0.2) is 0 Å². The summed E-state index contributed by atoms with van der Waals surface area (Å²) in [7, 11) is 0. The van der Waals surface area contributed by atoms with E-state index in [-0.39, 0.29) is 6.61 Å². The Bertz CT molecular complexity index is 483. The molecule has 0 fully saturated rings. The number of aryl methyl sites for hydroxylation is 1. The third kappa shape index (κ3) is 6.09. The van der Waals surface area contributed by atoms with Crippen LogP contribution in [0.25, 0.3) is 0 Å². The van der Waals surface area contributed by atoms with E-state index in [0.29, 0.717) is 5.92 Å². The Labute approximate surface area is 127 Å². The number of aromatic nitrogens is 1. The van der Waals surface area contributed by atoms with E-state index in [4.69, 9.17) is 0 Å². The molecule has 2 nitrogen and oxygen atoms in total. The van der Waals surface area contributed by atoms with E-state index in [2.05, 4.69) is 41.7 Å². The predicted molar refractivity (Wildman–Crippen MR) is 86.8 cm³/mol. The summed E-state index contributed by atoms with van der Waals surface area (Å²) in [6.07, 6.45) is 11.3. The molecule has 0 aliphatic heterocycles. The first-order valence-electron chi connectivity index (χ1n) is 7.76. The van der Waals surface area contributed by atoms with Crippen molar-refractivity contribution in [3.05, 3.63) is 72.4 Å². The number of pyridine rings is 1. The van der Waals surface area contributed by atoms with Gasteiger partial charge in [0.25, 0.3) is 0 Å². The van der Waals surface area contributed by atoms with E-state index in [9.17, 15) is 5.11 Å². The Morgan fingerprint density at radius 1 is 1.00 bits per heavy atom. The van der Waals surface area contributed by atoms with Crippen LogP contribution in [-0.2, 0) is 6.42 Å². The molecule has 1 unspecified atom stereocenters. The monoisotopic (exact) mass is 282 g/mol. The largest absolute Gasteiger partial charge is 0.396 e. The molecule has 0 amide bonds. The van der Waals surface area contributed by atoms with Crippen LogP contribution in [0.3, 0.4) is 0 Å². The molecule has 1 radical (unpaired) electrons. The first kappa shape index (κ1) is 15.7. The lowest BCUT2D eigenvalue weighted by atomic mass is 9.91. The molecular formula is C19H24NO. The predicted octanol–water partition coefficient (Wildman–Crippen LogP) is 4.05. The SMILES string of the molecule is OCCC(C[CH]c1ccncc1)CCCc1ccccc1. The molecule has 0 spiro atoms. The average Bonchev–Trinajstić information content (AvgIpc) is 2.54. The van der Waals surface area contributed by atoms with Crippen molar-refractivity contribution in [2.75, 3.05) is 6.61 Å². The van der Waals surface area contributed by atoms with E-state index in [0.717, 1.165) is 25.7 Å². The van der Waals surface area contributed by atoms with Crippen LogP contribution in [0.5, 0.6) is 0 Å². The molecular weight excluding hydrogens is 258 g/mol. The second kappa shape index (κ2) is 9.30. The summed E-state index contributed by atoms with van der Waals surface area (Å²) < 4.78 is 0. The zero-order valence-electron chi connectivity index (χ0n) is 12.5. The van der Waals surface area contributed by atoms with Gasteiger partial charge in [0.1, 0.15) is 0 Å². The topological polar surface area (TPSA) is 33.1 Å². The van der Waals surface area contributed by atoms with Gasteiger partial charge in [-0.15, -0.1) is 0 Å². The quantitative estimate of drug-likeness (QED) is 0.753. The molecule has 0 aliphatic carbocycles. The van der Waals surface area contributed by atoms with Gasteiger partial charge in [-0.05, 0) is 61.3 Å². The van der Waals surface area contributed by atoms with Crippen molar-refractivity contribution in [2.24, 2.45) is 5.92 Å². The van der Waals surface area contributed by atoms with Crippen molar-refractivity contribution in [1.29, 1.82) is 0 Å². The van der Waals surface area contributed by atoms with Crippen LogP contribution in [-0.4, -0.2) is 16.7 Å². The Morgan fingerprint density at radius 3 is 2.48 bits per heavy atom. The molecule has 0 saturated carbocycles. The van der Waals surface area contributed by atoms with Crippen LogP contribution in [0.1, 0.15) is 36.8 Å². The third-order valence-corrected chi connectivity index (χ3v) is 3.85. The fraction of sp³-hybridized carbons (Fsp3) is 0.368. The fourth-order valence-corrected chi connectivity index (χ4v) is 2.60. The Hall–Kier alpha value is -1.67. The van der Waals surface area contributed by atoms with Gasteiger partial charge in [-0.1, -0.05) is 36.8 Å². The molecule has 1 aromatic carbocycles. The first-order valence-corrected chi connectivity index (χ1v) is 7.76. The van der Waals surface area contributed by atoms with Crippen LogP contribution < -0.4 is 0 Å². The minimum atomic E-state index is 0.278. The minimum absolute atomic E-state index is 0.278. The maximum absolute atomic E-state index is 9.23. The highest BCUT2D eigenvalue weighted by Gasteiger charge is 2.09. The second-order valence-electron chi connectivity index (χ2n) is 5.48. The molecule has 0 saturated heterocycles. The standard InChI is InChI=1S/C19H24NO/c21-16-13-18(9-10-19-11-14-20-15-12-19)8-4-7-17-5-2-1-3-6-17/h1-3,5-6,10-12,14-15,18,21H,4,7-9,13,16H2. The summed E-state index contributed by atoms with van der Waals surface area (Å²) in [5.41, 5.74) is 2.62. The van der Waals surface area contributed by atoms with Crippen molar-refractivity contribution >= 4 is 0 Å². The maximum Gasteiger partial charge on any atom is 0.0433 e. The van der Waals surface area contributed by atoms with Crippen LogP contribution >= 0.6 is 0 Å². The molecule has 0 bridgehead atoms. The molecule has 1 aromatic heterocycles. The van der Waals surface area contributed by atoms with Crippen molar-refractivity contribution in [1.82, 2.24) is 4.98 Å². The molecule has 21 heavy (non-hydrogen) atoms. The summed E-state index contributed by atoms with van der Waals surface area (Å²) in [6, 6.07) is 14.7. The Morgan fingerprint density at radius 2 is 1.76 bits per heavy atom. The van der Waals surface area contributed by atoms with Gasteiger partial charge in [0.2, 0.25) is 0 Å². The molecule has 1 atom stereocenters. The van der Waals surface area contributed by atoms with Gasteiger partial charge >= 0.3 is 0 Å². The Balaban J connectivity index is 1.73. The van der Waals surface area contributed by atoms with Crippen LogP contribution in [0.4, 0.5) is 0 Å². The zero-order valence-corrected chi connectivity index (χ0v) is 12.5. The number of rotatable bonds is 9. The second-order valence-corrected chi connectivity index (χ2v) is 5.48. The maximum atomic E-state index is 9.23. The van der Waals surface area contributed by atoms with Gasteiger partial charge in [-0.2, -0.15) is 0 Å². The summed E-state index contributed by atoms with van der Waals surface area (Å²) >= 11 is 0. The van der Waals surface area contributed by atoms with Crippen molar-refractivity contribution < 1.29 is 5.11 Å². The van der Waals surface area contributed by atoms with E-state index in [1.807, 2.05) is 24.5 Å². The minimum Gasteiger partial charge on any atom is -0.396 e. The molecule has 2 heteroatoms. The van der Waals surface area contributed by atoms with Gasteiger partial charge in [0.05, 0.1) is 0 Å². The summed E-state index contributed by atoms with van der Waals surface area (Å²) in [5, 5.41) is 9.23. The van der Waals surface area contributed by atoms with Crippen LogP contribution in [0.15, 0.2) is 54.9 Å². The molecule has 2 aromatic rings. The highest BCUT2D eigenvalue weighted by molar-refractivity contribution is 5.19. The van der Waals surface area contributed by atoms with Gasteiger partial charge in [0, 0.05) is 19.0 Å². The van der Waals surface area contributed by atoms with Crippen molar-refractivity contribution in [2.45, 2.75) is 32.1 Å². The summed E-state index contributed by atoms with van der Waals surface area (Å²) in [6.45, 7) is 0.278. The molecule has 111 valence electrons. The lowest BCUT2D eigenvalue weighted by molar-refractivity contribution is 0.249. The van der Waals surface area contributed by atoms with Gasteiger partial charge < -0.3 is 5.11 Å². The van der Waals surface area contributed by atoms with Gasteiger partial charge in [-0.3, -0.25) is 4.98 Å². The highest BCUT2D eigenvalue weighted by Crippen LogP contribution is 2.21. The van der Waals surface area contributed by atoms with Crippen molar-refractivity contribution in [3.63, 3.8) is 0 Å². The van der Waals surface area contributed by atoms with E-state index in [1.165, 1.54) is 17.5 Å². The lowest BCUT2D eigenvalue weighted by Gasteiger charge is -2.15. The normalized spacial score (nSPS) is 12.2. The van der Waals surface area contributed by atoms with E-state index in [1.54, 1.807) is 0 Å². The van der Waals surface area contributed by atoms with Gasteiger partial charge in [0.15, 0.2) is 0 Å². The molecule has 1 N–H and O–H groups in total. The zero-order chi connectivity index (χ0) is 14.8. The fourth-order valence-electron chi connectivity index (χ4n) is 2.60. The lowest BCUT2D eigenvalue weighted by Crippen LogP contribution is -2.05. The number of aliphatic hydroxyl groups excluding tert-OH is 1. The average molecular weight is 282 g/mol. The molecule has 2 rings (SSSR count). The number of hydrogen-bond acceptors (Lipinski definition) is 2. The smallest absolute Gasteiger partial charge is 0.0433 e. The van der Waals surface area contributed by atoms with Crippen LogP contribution in [0, 0.1) is 12.3 Å². The van der Waals surface area contributed by atoms with E-state index < -0.39 is 0 Å². The first-order chi connectivity index (χ1) is 10.4. The summed E-state index contributed by atoms with van der Waals surface area (Å²) in [4.78, 5) is 4.03. The third-order valence-electron chi connectivity index (χ3n) is 3.85. The Kier molecular flexibility index (Phi) is 6.96. The molecule has 0 aliphatic rings. The van der Waals surface area contributed by atoms with Crippen LogP contribution in [0.2, 0.25) is 0 Å².